The molecule has 4 rings (SSSR count). The third-order valence-corrected chi connectivity index (χ3v) is 4.54. The number of alkyl halides is 3. The van der Waals surface area contributed by atoms with Crippen molar-refractivity contribution in [2.75, 3.05) is 6.61 Å². The number of carboxylic acids is 1. The zero-order valence-electron chi connectivity index (χ0n) is 14.1. The second kappa shape index (κ2) is 7.64. The van der Waals surface area contributed by atoms with E-state index in [9.17, 15) is 13.2 Å². The summed E-state index contributed by atoms with van der Waals surface area (Å²) >= 11 is 1.59. The lowest BCUT2D eigenvalue weighted by atomic mass is 10.2. The molecule has 1 atom stereocenters. The van der Waals surface area contributed by atoms with Gasteiger partial charge in [-0.3, -0.25) is 4.40 Å². The molecule has 12 heteroatoms. The Balaban J connectivity index is 0.000000260. The van der Waals surface area contributed by atoms with Gasteiger partial charge in [-0.2, -0.15) is 18.2 Å². The van der Waals surface area contributed by atoms with Crippen LogP contribution in [0.15, 0.2) is 16.1 Å². The molecule has 146 valence electrons. The van der Waals surface area contributed by atoms with Crippen LogP contribution in [0, 0.1) is 6.92 Å². The maximum Gasteiger partial charge on any atom is 0.490 e. The summed E-state index contributed by atoms with van der Waals surface area (Å²) in [5.41, 5.74) is 1.79. The van der Waals surface area contributed by atoms with Gasteiger partial charge < -0.3 is 14.4 Å². The molecule has 3 aromatic heterocycles. The smallest absolute Gasteiger partial charge is 0.475 e. The molecular formula is C15H15F3N4O4S. The van der Waals surface area contributed by atoms with Crippen LogP contribution < -0.4 is 0 Å². The molecule has 1 aliphatic heterocycles. The lowest BCUT2D eigenvalue weighted by Crippen LogP contribution is -2.21. The van der Waals surface area contributed by atoms with Crippen LogP contribution in [0.2, 0.25) is 0 Å². The van der Waals surface area contributed by atoms with Crippen LogP contribution in [-0.4, -0.2) is 49.5 Å². The number of halogens is 3. The van der Waals surface area contributed by atoms with Crippen molar-refractivity contribution in [3.63, 3.8) is 0 Å². The highest BCUT2D eigenvalue weighted by atomic mass is 32.1. The Bertz CT molecular complexity index is 927. The maximum atomic E-state index is 10.6. The summed E-state index contributed by atoms with van der Waals surface area (Å²) in [6, 6.07) is 0. The molecule has 1 saturated heterocycles. The summed E-state index contributed by atoms with van der Waals surface area (Å²) in [5.74, 6) is -1.52. The van der Waals surface area contributed by atoms with E-state index in [4.69, 9.17) is 19.2 Å². The second-order valence-electron chi connectivity index (χ2n) is 5.76. The van der Waals surface area contributed by atoms with Gasteiger partial charge in [0, 0.05) is 24.6 Å². The molecule has 27 heavy (non-hydrogen) atoms. The predicted molar refractivity (Wildman–Crippen MR) is 87.5 cm³/mol. The number of ether oxygens (including phenoxy) is 1. The summed E-state index contributed by atoms with van der Waals surface area (Å²) in [5, 5.41) is 13.2. The van der Waals surface area contributed by atoms with Gasteiger partial charge in [0.2, 0.25) is 0 Å². The third kappa shape index (κ3) is 4.45. The Hall–Kier alpha value is -2.47. The first-order chi connectivity index (χ1) is 12.8. The number of aromatic nitrogens is 4. The number of nitrogens with zero attached hydrogens (tertiary/aromatic N) is 4. The lowest BCUT2D eigenvalue weighted by molar-refractivity contribution is -0.192. The van der Waals surface area contributed by atoms with Gasteiger partial charge in [-0.15, -0.1) is 11.3 Å². The molecule has 1 fully saturated rings. The van der Waals surface area contributed by atoms with Crippen LogP contribution >= 0.6 is 11.3 Å². The summed E-state index contributed by atoms with van der Waals surface area (Å²) < 4.78 is 44.7. The number of rotatable bonds is 3. The predicted octanol–water partition coefficient (Wildman–Crippen LogP) is 3.11. The molecule has 0 spiro atoms. The highest BCUT2D eigenvalue weighted by Gasteiger charge is 2.38. The van der Waals surface area contributed by atoms with Crippen molar-refractivity contribution in [3.05, 3.63) is 23.1 Å². The van der Waals surface area contributed by atoms with Crippen LogP contribution in [0.1, 0.15) is 24.4 Å². The SMILES string of the molecule is Cc1nc2sccn2c1-c1nc(CC2CCCO2)no1.O=C(O)C(F)(F)F. The average Bonchev–Trinajstić information content (AvgIpc) is 3.32. The molecule has 0 radical (unpaired) electrons. The first kappa shape index (κ1) is 19.3. The Morgan fingerprint density at radius 2 is 2.19 bits per heavy atom. The van der Waals surface area contributed by atoms with Crippen molar-refractivity contribution in [1.29, 1.82) is 0 Å². The van der Waals surface area contributed by atoms with Crippen molar-refractivity contribution in [3.8, 4) is 11.6 Å². The van der Waals surface area contributed by atoms with E-state index in [1.54, 1.807) is 11.3 Å². The van der Waals surface area contributed by atoms with Crippen molar-refractivity contribution in [1.82, 2.24) is 19.5 Å². The first-order valence-electron chi connectivity index (χ1n) is 7.92. The van der Waals surface area contributed by atoms with Gasteiger partial charge >= 0.3 is 12.1 Å². The molecule has 0 aromatic carbocycles. The number of carboxylic acid groups (broad SMARTS) is 1. The number of aliphatic carboxylic acids is 1. The molecular weight excluding hydrogens is 389 g/mol. The van der Waals surface area contributed by atoms with Gasteiger partial charge in [0.15, 0.2) is 10.8 Å². The van der Waals surface area contributed by atoms with Gasteiger partial charge in [0.25, 0.3) is 5.89 Å². The topological polar surface area (TPSA) is 103 Å². The molecule has 0 saturated carbocycles. The third-order valence-electron chi connectivity index (χ3n) is 3.78. The molecule has 8 nitrogen and oxygen atoms in total. The molecule has 0 amide bonds. The van der Waals surface area contributed by atoms with Gasteiger partial charge in [0.1, 0.15) is 5.69 Å². The van der Waals surface area contributed by atoms with Crippen molar-refractivity contribution < 1.29 is 32.3 Å². The summed E-state index contributed by atoms with van der Waals surface area (Å²) in [4.78, 5) is 18.8. The van der Waals surface area contributed by atoms with Crippen LogP contribution in [0.5, 0.6) is 0 Å². The highest BCUT2D eigenvalue weighted by molar-refractivity contribution is 7.15. The number of carbonyl (C=O) groups is 1. The fourth-order valence-corrected chi connectivity index (χ4v) is 3.35. The summed E-state index contributed by atoms with van der Waals surface area (Å²) in [6.45, 7) is 2.80. The zero-order chi connectivity index (χ0) is 19.6. The monoisotopic (exact) mass is 404 g/mol. The van der Waals surface area contributed by atoms with Gasteiger partial charge in [-0.05, 0) is 19.8 Å². The van der Waals surface area contributed by atoms with E-state index in [2.05, 4.69) is 15.1 Å². The van der Waals surface area contributed by atoms with Crippen LogP contribution in [-0.2, 0) is 16.0 Å². The van der Waals surface area contributed by atoms with Gasteiger partial charge in [0.05, 0.1) is 11.8 Å². The minimum Gasteiger partial charge on any atom is -0.475 e. The quantitative estimate of drug-likeness (QED) is 0.715. The number of hydrogen-bond acceptors (Lipinski definition) is 7. The molecule has 4 heterocycles. The van der Waals surface area contributed by atoms with Crippen molar-refractivity contribution in [2.24, 2.45) is 0 Å². The minimum absolute atomic E-state index is 0.230. The van der Waals surface area contributed by atoms with Crippen LogP contribution in [0.3, 0.4) is 0 Å². The summed E-state index contributed by atoms with van der Waals surface area (Å²) in [7, 11) is 0. The Morgan fingerprint density at radius 1 is 1.44 bits per heavy atom. The number of imidazole rings is 1. The van der Waals surface area contributed by atoms with Gasteiger partial charge in [-0.1, -0.05) is 5.16 Å². The fourth-order valence-electron chi connectivity index (χ4n) is 2.59. The normalized spacial score (nSPS) is 17.1. The molecule has 3 aromatic rings. The largest absolute Gasteiger partial charge is 0.490 e. The highest BCUT2D eigenvalue weighted by Crippen LogP contribution is 2.26. The minimum atomic E-state index is -5.08. The van der Waals surface area contributed by atoms with E-state index in [0.29, 0.717) is 18.1 Å². The van der Waals surface area contributed by atoms with Crippen molar-refractivity contribution in [2.45, 2.75) is 38.5 Å². The zero-order valence-corrected chi connectivity index (χ0v) is 14.9. The molecule has 1 N–H and O–H groups in total. The Kier molecular flexibility index (Phi) is 5.46. The Labute approximate surface area is 154 Å². The average molecular weight is 404 g/mol. The van der Waals surface area contributed by atoms with E-state index < -0.39 is 12.1 Å². The van der Waals surface area contributed by atoms with Gasteiger partial charge in [-0.25, -0.2) is 9.78 Å². The number of aryl methyl sites for hydroxylation is 1. The maximum absolute atomic E-state index is 10.6. The standard InChI is InChI=1S/C13H14N4O2S.C2HF3O2/c1-8-11(17-4-6-20-13(17)14-8)12-15-10(16-19-12)7-9-3-2-5-18-9;3-2(4,5)1(6)7/h4,6,9H,2-3,5,7H2,1H3;(H,6,7). The van der Waals surface area contributed by atoms with E-state index in [1.807, 2.05) is 22.9 Å². The van der Waals surface area contributed by atoms with Crippen LogP contribution in [0.25, 0.3) is 16.5 Å². The lowest BCUT2D eigenvalue weighted by Gasteiger charge is -2.03. The summed E-state index contributed by atoms with van der Waals surface area (Å²) in [6.07, 6.45) is 0.0258. The number of thiazole rings is 1. The number of fused-ring (bicyclic) bond motifs is 1. The molecule has 0 aliphatic carbocycles. The number of hydrogen-bond donors (Lipinski definition) is 1. The first-order valence-corrected chi connectivity index (χ1v) is 8.80. The van der Waals surface area contributed by atoms with E-state index in [1.165, 1.54) is 0 Å². The van der Waals surface area contributed by atoms with Crippen molar-refractivity contribution >= 4 is 22.3 Å². The van der Waals surface area contributed by atoms with E-state index in [0.717, 1.165) is 35.8 Å². The molecule has 0 bridgehead atoms. The molecule has 1 aliphatic rings. The Morgan fingerprint density at radius 3 is 2.81 bits per heavy atom. The second-order valence-corrected chi connectivity index (χ2v) is 6.63. The van der Waals surface area contributed by atoms with E-state index in [-0.39, 0.29) is 6.10 Å². The molecule has 1 unspecified atom stereocenters. The fraction of sp³-hybridized carbons (Fsp3) is 0.467. The van der Waals surface area contributed by atoms with E-state index >= 15 is 0 Å². The van der Waals surface area contributed by atoms with Crippen LogP contribution in [0.4, 0.5) is 13.2 Å².